The first-order valence-corrected chi connectivity index (χ1v) is 10.6. The van der Waals surface area contributed by atoms with Gasteiger partial charge in [0.1, 0.15) is 6.04 Å². The lowest BCUT2D eigenvalue weighted by molar-refractivity contribution is -0.141. The highest BCUT2D eigenvalue weighted by Gasteiger charge is 2.38. The van der Waals surface area contributed by atoms with E-state index in [0.717, 1.165) is 6.42 Å². The Labute approximate surface area is 180 Å². The Balaban J connectivity index is 1.60. The summed E-state index contributed by atoms with van der Waals surface area (Å²) in [4.78, 5) is 43.0. The lowest BCUT2D eigenvalue weighted by Crippen LogP contribution is -2.49. The highest BCUT2D eigenvalue weighted by molar-refractivity contribution is 6.35. The fourth-order valence-corrected chi connectivity index (χ4v) is 4.52. The van der Waals surface area contributed by atoms with Crippen molar-refractivity contribution in [3.8, 4) is 0 Å². The average molecular weight is 441 g/mol. The smallest absolute Gasteiger partial charge is 0.319 e. The Bertz CT molecular complexity index is 774. The highest BCUT2D eigenvalue weighted by atomic mass is 35.5. The van der Waals surface area contributed by atoms with Crippen molar-refractivity contribution in [3.05, 3.63) is 28.2 Å². The van der Waals surface area contributed by atoms with Gasteiger partial charge in [0.05, 0.1) is 0 Å². The van der Waals surface area contributed by atoms with Gasteiger partial charge in [-0.3, -0.25) is 9.59 Å². The van der Waals surface area contributed by atoms with Crippen LogP contribution in [0.2, 0.25) is 10.0 Å². The van der Waals surface area contributed by atoms with E-state index in [1.54, 1.807) is 47.0 Å². The SMILES string of the molecule is CN(C)C(=O)N1CCC(C(=O)N2CCCC2C(=O)Nc2cc(Cl)cc(Cl)c2)CC1. The van der Waals surface area contributed by atoms with Crippen molar-refractivity contribution < 1.29 is 14.4 Å². The number of hydrogen-bond donors (Lipinski definition) is 1. The fraction of sp³-hybridized carbons (Fsp3) is 0.550. The van der Waals surface area contributed by atoms with Crippen LogP contribution in [0.15, 0.2) is 18.2 Å². The minimum absolute atomic E-state index is 0.00345. The normalized spacial score (nSPS) is 19.9. The minimum atomic E-state index is -0.498. The summed E-state index contributed by atoms with van der Waals surface area (Å²) in [5.41, 5.74) is 0.516. The molecule has 1 atom stereocenters. The Morgan fingerprint density at radius 3 is 2.21 bits per heavy atom. The third-order valence-corrected chi connectivity index (χ3v) is 5.90. The van der Waals surface area contributed by atoms with Crippen LogP contribution >= 0.6 is 23.2 Å². The molecule has 1 aromatic carbocycles. The number of likely N-dealkylation sites (tertiary alicyclic amines) is 2. The Morgan fingerprint density at radius 2 is 1.62 bits per heavy atom. The number of benzene rings is 1. The standard InChI is InChI=1S/C20H26Cl2N4O3/c1-24(2)20(29)25-8-5-13(6-9-25)19(28)26-7-3-4-17(26)18(27)23-16-11-14(21)10-15(22)12-16/h10-13,17H,3-9H2,1-2H3,(H,23,27). The molecule has 29 heavy (non-hydrogen) atoms. The van der Waals surface area contributed by atoms with Crippen LogP contribution in [0.1, 0.15) is 25.7 Å². The zero-order valence-electron chi connectivity index (χ0n) is 16.7. The van der Waals surface area contributed by atoms with Gasteiger partial charge in [0, 0.05) is 55.4 Å². The number of carbonyl (C=O) groups excluding carboxylic acids is 3. The van der Waals surface area contributed by atoms with Crippen LogP contribution in [0.5, 0.6) is 0 Å². The van der Waals surface area contributed by atoms with Crippen LogP contribution < -0.4 is 5.32 Å². The second-order valence-electron chi connectivity index (χ2n) is 7.78. The van der Waals surface area contributed by atoms with E-state index in [1.165, 1.54) is 0 Å². The summed E-state index contributed by atoms with van der Waals surface area (Å²) in [5.74, 6) is -0.381. The van der Waals surface area contributed by atoms with Gasteiger partial charge in [-0.05, 0) is 43.9 Å². The van der Waals surface area contributed by atoms with Gasteiger partial charge in [0.25, 0.3) is 0 Å². The second kappa shape index (κ2) is 9.22. The summed E-state index contributed by atoms with van der Waals surface area (Å²) in [6, 6.07) is 4.32. The number of carbonyl (C=O) groups is 3. The number of hydrogen-bond acceptors (Lipinski definition) is 3. The zero-order chi connectivity index (χ0) is 21.1. The monoisotopic (exact) mass is 440 g/mol. The topological polar surface area (TPSA) is 73.0 Å². The molecule has 2 aliphatic heterocycles. The molecule has 0 saturated carbocycles. The number of nitrogens with one attached hydrogen (secondary N) is 1. The number of urea groups is 1. The van der Waals surface area contributed by atoms with Crippen LogP contribution in [-0.4, -0.2) is 72.3 Å². The Hall–Kier alpha value is -1.99. The van der Waals surface area contributed by atoms with Crippen molar-refractivity contribution in [2.24, 2.45) is 5.92 Å². The molecule has 0 bridgehead atoms. The maximum absolute atomic E-state index is 13.1. The summed E-state index contributed by atoms with van der Waals surface area (Å²) < 4.78 is 0. The molecule has 9 heteroatoms. The van der Waals surface area contributed by atoms with E-state index < -0.39 is 6.04 Å². The quantitative estimate of drug-likeness (QED) is 0.783. The molecule has 1 unspecified atom stereocenters. The lowest BCUT2D eigenvalue weighted by Gasteiger charge is -2.35. The van der Waals surface area contributed by atoms with Crippen molar-refractivity contribution in [1.82, 2.24) is 14.7 Å². The lowest BCUT2D eigenvalue weighted by atomic mass is 9.95. The molecule has 2 saturated heterocycles. The summed E-state index contributed by atoms with van der Waals surface area (Å²) in [6.45, 7) is 1.68. The number of halogens is 2. The van der Waals surface area contributed by atoms with Crippen molar-refractivity contribution in [2.75, 3.05) is 39.0 Å². The van der Waals surface area contributed by atoms with E-state index in [1.807, 2.05) is 0 Å². The molecule has 158 valence electrons. The van der Waals surface area contributed by atoms with Crippen molar-refractivity contribution in [2.45, 2.75) is 31.7 Å². The molecule has 2 aliphatic rings. The highest BCUT2D eigenvalue weighted by Crippen LogP contribution is 2.27. The molecule has 2 fully saturated rings. The molecule has 0 aromatic heterocycles. The number of piperidine rings is 1. The zero-order valence-corrected chi connectivity index (χ0v) is 18.2. The van der Waals surface area contributed by atoms with E-state index in [2.05, 4.69) is 5.32 Å². The molecule has 0 aliphatic carbocycles. The van der Waals surface area contributed by atoms with Crippen molar-refractivity contribution in [1.29, 1.82) is 0 Å². The Morgan fingerprint density at radius 1 is 1.00 bits per heavy atom. The van der Waals surface area contributed by atoms with Gasteiger partial charge in [0.2, 0.25) is 11.8 Å². The van der Waals surface area contributed by atoms with E-state index in [-0.39, 0.29) is 23.8 Å². The third kappa shape index (κ3) is 5.14. The first kappa shape index (κ1) is 21.7. The molecule has 1 aromatic rings. The van der Waals surface area contributed by atoms with Crippen molar-refractivity contribution in [3.63, 3.8) is 0 Å². The van der Waals surface area contributed by atoms with Crippen LogP contribution in [0.25, 0.3) is 0 Å². The van der Waals surface area contributed by atoms with E-state index in [4.69, 9.17) is 23.2 Å². The van der Waals surface area contributed by atoms with Crippen LogP contribution in [0.3, 0.4) is 0 Å². The van der Waals surface area contributed by atoms with E-state index in [0.29, 0.717) is 54.6 Å². The minimum Gasteiger partial charge on any atom is -0.331 e. The van der Waals surface area contributed by atoms with E-state index in [9.17, 15) is 14.4 Å². The molecular formula is C20H26Cl2N4O3. The number of nitrogens with zero attached hydrogens (tertiary/aromatic N) is 3. The predicted molar refractivity (Wildman–Crippen MR) is 113 cm³/mol. The molecule has 0 spiro atoms. The first-order chi connectivity index (χ1) is 13.8. The van der Waals surface area contributed by atoms with Gasteiger partial charge in [-0.2, -0.15) is 0 Å². The number of rotatable bonds is 3. The predicted octanol–water partition coefficient (Wildman–Crippen LogP) is 3.32. The van der Waals surface area contributed by atoms with Gasteiger partial charge in [-0.15, -0.1) is 0 Å². The van der Waals surface area contributed by atoms with Crippen LogP contribution in [0.4, 0.5) is 10.5 Å². The van der Waals surface area contributed by atoms with Gasteiger partial charge >= 0.3 is 6.03 Å². The Kier molecular flexibility index (Phi) is 6.90. The van der Waals surface area contributed by atoms with Gasteiger partial charge in [-0.25, -0.2) is 4.79 Å². The van der Waals surface area contributed by atoms with E-state index >= 15 is 0 Å². The van der Waals surface area contributed by atoms with Crippen LogP contribution in [-0.2, 0) is 9.59 Å². The fourth-order valence-electron chi connectivity index (χ4n) is 3.99. The summed E-state index contributed by atoms with van der Waals surface area (Å²) in [7, 11) is 3.44. The third-order valence-electron chi connectivity index (χ3n) is 5.47. The average Bonchev–Trinajstić information content (AvgIpc) is 3.16. The summed E-state index contributed by atoms with van der Waals surface area (Å²) in [5, 5.41) is 3.70. The molecule has 3 rings (SSSR count). The summed E-state index contributed by atoms with van der Waals surface area (Å²) >= 11 is 12.0. The maximum Gasteiger partial charge on any atom is 0.319 e. The maximum atomic E-state index is 13.1. The molecule has 4 amide bonds. The molecule has 2 heterocycles. The van der Waals surface area contributed by atoms with Gasteiger partial charge in [0.15, 0.2) is 0 Å². The second-order valence-corrected chi connectivity index (χ2v) is 8.65. The molecule has 1 N–H and O–H groups in total. The molecular weight excluding hydrogens is 415 g/mol. The molecule has 7 nitrogen and oxygen atoms in total. The first-order valence-electron chi connectivity index (χ1n) is 9.80. The van der Waals surface area contributed by atoms with Crippen LogP contribution in [0, 0.1) is 5.92 Å². The summed E-state index contributed by atoms with van der Waals surface area (Å²) in [6.07, 6.45) is 2.65. The number of amides is 4. The molecule has 0 radical (unpaired) electrons. The largest absolute Gasteiger partial charge is 0.331 e. The van der Waals surface area contributed by atoms with Crippen molar-refractivity contribution >= 4 is 46.7 Å². The number of anilines is 1. The van der Waals surface area contributed by atoms with Gasteiger partial charge in [-0.1, -0.05) is 23.2 Å². The van der Waals surface area contributed by atoms with Gasteiger partial charge < -0.3 is 20.0 Å².